The van der Waals surface area contributed by atoms with E-state index in [2.05, 4.69) is 4.90 Å². The highest BCUT2D eigenvalue weighted by atomic mass is 19.3. The fourth-order valence-corrected chi connectivity index (χ4v) is 3.88. The van der Waals surface area contributed by atoms with Crippen LogP contribution in [0.3, 0.4) is 0 Å². The van der Waals surface area contributed by atoms with Crippen LogP contribution in [0.2, 0.25) is 0 Å². The number of halogens is 2. The molecular weight excluding hydrogens is 338 g/mol. The largest absolute Gasteiger partial charge is 0.450 e. The summed E-state index contributed by atoms with van der Waals surface area (Å²) in [5.74, 6) is -1.27. The van der Waals surface area contributed by atoms with E-state index in [9.17, 15) is 8.78 Å². The van der Waals surface area contributed by atoms with Crippen LogP contribution in [0.4, 0.5) is 20.5 Å². The first-order valence-electron chi connectivity index (χ1n) is 9.18. The fraction of sp³-hybridized carbons (Fsp3) is 0.474. The number of anilines is 2. The Morgan fingerprint density at radius 1 is 0.923 bits per heavy atom. The van der Waals surface area contributed by atoms with Gasteiger partial charge in [0, 0.05) is 44.4 Å². The fourth-order valence-electron chi connectivity index (χ4n) is 3.88. The molecule has 26 heavy (non-hydrogen) atoms. The zero-order valence-electron chi connectivity index (χ0n) is 14.4. The highest BCUT2D eigenvalue weighted by Crippen LogP contribution is 2.37. The van der Waals surface area contributed by atoms with Crippen molar-refractivity contribution >= 4 is 33.8 Å². The molecule has 0 unspecified atom stereocenters. The molecule has 3 aromatic rings. The van der Waals surface area contributed by atoms with E-state index in [1.54, 1.807) is 0 Å². The normalized spacial score (nSPS) is 20.4. The minimum Gasteiger partial charge on any atom is -0.450 e. The third-order valence-corrected chi connectivity index (χ3v) is 5.37. The number of aromatic nitrogens is 2. The van der Waals surface area contributed by atoms with E-state index in [-0.39, 0.29) is 25.9 Å². The number of furan rings is 1. The summed E-state index contributed by atoms with van der Waals surface area (Å²) in [5.41, 5.74) is 2.24. The maximum absolute atomic E-state index is 13.5. The van der Waals surface area contributed by atoms with Crippen LogP contribution in [0, 0.1) is 0 Å². The van der Waals surface area contributed by atoms with E-state index < -0.39 is 5.92 Å². The number of benzene rings is 1. The molecule has 1 aromatic carbocycles. The maximum atomic E-state index is 13.5. The summed E-state index contributed by atoms with van der Waals surface area (Å²) in [6, 6.07) is 7.79. The molecule has 0 aliphatic carbocycles. The molecule has 2 saturated heterocycles. The van der Waals surface area contributed by atoms with Crippen LogP contribution < -0.4 is 9.80 Å². The molecule has 5 rings (SSSR count). The van der Waals surface area contributed by atoms with Crippen molar-refractivity contribution in [2.45, 2.75) is 31.6 Å². The molecular formula is C19H20F2N4O. The number of para-hydroxylation sites is 1. The van der Waals surface area contributed by atoms with Crippen LogP contribution in [-0.2, 0) is 0 Å². The average molecular weight is 358 g/mol. The van der Waals surface area contributed by atoms with Gasteiger partial charge >= 0.3 is 0 Å². The molecule has 0 saturated carbocycles. The van der Waals surface area contributed by atoms with Gasteiger partial charge in [0.25, 0.3) is 5.92 Å². The first-order valence-corrected chi connectivity index (χ1v) is 9.18. The van der Waals surface area contributed by atoms with Gasteiger partial charge in [-0.3, -0.25) is 0 Å². The number of hydrogen-bond acceptors (Lipinski definition) is 5. The van der Waals surface area contributed by atoms with Crippen LogP contribution in [-0.4, -0.2) is 42.1 Å². The van der Waals surface area contributed by atoms with Crippen LogP contribution in [0.1, 0.15) is 25.7 Å². The SMILES string of the molecule is FC1(F)CCN(c2nc(N3CCCC3)c3oc4ccccc4c3n2)CC1. The minimum absolute atomic E-state index is 0.153. The molecule has 2 aromatic heterocycles. The zero-order valence-corrected chi connectivity index (χ0v) is 14.4. The third-order valence-electron chi connectivity index (χ3n) is 5.37. The van der Waals surface area contributed by atoms with Crippen molar-refractivity contribution in [1.82, 2.24) is 9.97 Å². The molecule has 7 heteroatoms. The van der Waals surface area contributed by atoms with E-state index in [1.807, 2.05) is 29.2 Å². The standard InChI is InChI=1S/C19H20F2N4O/c20-19(21)7-11-25(12-8-19)18-22-15-13-5-1-2-6-14(13)26-16(15)17(23-18)24-9-3-4-10-24/h1-2,5-6H,3-4,7-12H2. The molecule has 0 bridgehead atoms. The second kappa shape index (κ2) is 5.79. The van der Waals surface area contributed by atoms with Gasteiger partial charge in [0.05, 0.1) is 0 Å². The molecule has 0 atom stereocenters. The van der Waals surface area contributed by atoms with Gasteiger partial charge in [-0.2, -0.15) is 4.98 Å². The summed E-state index contributed by atoms with van der Waals surface area (Å²) >= 11 is 0. The summed E-state index contributed by atoms with van der Waals surface area (Å²) in [6.45, 7) is 2.41. The summed E-state index contributed by atoms with van der Waals surface area (Å²) in [7, 11) is 0. The molecule has 0 amide bonds. The lowest BCUT2D eigenvalue weighted by Crippen LogP contribution is -2.40. The van der Waals surface area contributed by atoms with Gasteiger partial charge in [-0.05, 0) is 25.0 Å². The van der Waals surface area contributed by atoms with E-state index in [0.29, 0.717) is 11.5 Å². The van der Waals surface area contributed by atoms with Crippen molar-refractivity contribution in [2.75, 3.05) is 36.0 Å². The lowest BCUT2D eigenvalue weighted by atomic mass is 10.1. The van der Waals surface area contributed by atoms with Gasteiger partial charge in [-0.15, -0.1) is 0 Å². The lowest BCUT2D eigenvalue weighted by molar-refractivity contribution is -0.0222. The number of hydrogen-bond donors (Lipinski definition) is 0. The first kappa shape index (κ1) is 15.8. The van der Waals surface area contributed by atoms with Gasteiger partial charge in [-0.25, -0.2) is 13.8 Å². The van der Waals surface area contributed by atoms with E-state index in [0.717, 1.165) is 48.2 Å². The second-order valence-electron chi connectivity index (χ2n) is 7.16. The summed E-state index contributed by atoms with van der Waals surface area (Å²) in [6.07, 6.45) is 1.94. The van der Waals surface area contributed by atoms with E-state index in [1.165, 1.54) is 0 Å². The molecule has 2 aliphatic rings. The van der Waals surface area contributed by atoms with Gasteiger partial charge in [-0.1, -0.05) is 12.1 Å². The quantitative estimate of drug-likeness (QED) is 0.687. The number of rotatable bonds is 2. The molecule has 0 spiro atoms. The smallest absolute Gasteiger partial charge is 0.251 e. The summed E-state index contributed by atoms with van der Waals surface area (Å²) < 4.78 is 33.1. The number of fused-ring (bicyclic) bond motifs is 3. The van der Waals surface area contributed by atoms with Crippen LogP contribution >= 0.6 is 0 Å². The predicted octanol–water partition coefficient (Wildman–Crippen LogP) is 4.21. The van der Waals surface area contributed by atoms with Crippen molar-refractivity contribution in [2.24, 2.45) is 0 Å². The summed E-state index contributed by atoms with van der Waals surface area (Å²) in [4.78, 5) is 13.6. The van der Waals surface area contributed by atoms with Crippen molar-refractivity contribution in [3.63, 3.8) is 0 Å². The molecule has 0 N–H and O–H groups in total. The first-order chi connectivity index (χ1) is 12.6. The molecule has 136 valence electrons. The topological polar surface area (TPSA) is 45.4 Å². The third kappa shape index (κ3) is 2.57. The Bertz CT molecular complexity index is 955. The number of nitrogens with zero attached hydrogens (tertiary/aromatic N) is 4. The Morgan fingerprint density at radius 2 is 1.65 bits per heavy atom. The highest BCUT2D eigenvalue weighted by Gasteiger charge is 2.35. The van der Waals surface area contributed by atoms with Crippen LogP contribution in [0.5, 0.6) is 0 Å². The Hall–Kier alpha value is -2.44. The molecule has 0 radical (unpaired) electrons. The minimum atomic E-state index is -2.58. The molecule has 5 nitrogen and oxygen atoms in total. The van der Waals surface area contributed by atoms with Crippen LogP contribution in [0.25, 0.3) is 22.1 Å². The van der Waals surface area contributed by atoms with Crippen LogP contribution in [0.15, 0.2) is 28.7 Å². The summed E-state index contributed by atoms with van der Waals surface area (Å²) in [5, 5.41) is 0.939. The zero-order chi connectivity index (χ0) is 17.7. The second-order valence-corrected chi connectivity index (χ2v) is 7.16. The predicted molar refractivity (Wildman–Crippen MR) is 97.2 cm³/mol. The average Bonchev–Trinajstić information content (AvgIpc) is 3.29. The highest BCUT2D eigenvalue weighted by molar-refractivity contribution is 6.06. The van der Waals surface area contributed by atoms with Crippen molar-refractivity contribution in [3.05, 3.63) is 24.3 Å². The van der Waals surface area contributed by atoms with Gasteiger partial charge < -0.3 is 14.2 Å². The Morgan fingerprint density at radius 3 is 2.42 bits per heavy atom. The lowest BCUT2D eigenvalue weighted by Gasteiger charge is -2.32. The van der Waals surface area contributed by atoms with Crippen molar-refractivity contribution in [1.29, 1.82) is 0 Å². The molecule has 4 heterocycles. The Kier molecular flexibility index (Phi) is 3.52. The van der Waals surface area contributed by atoms with Gasteiger partial charge in [0.1, 0.15) is 11.1 Å². The van der Waals surface area contributed by atoms with Gasteiger partial charge in [0.15, 0.2) is 11.4 Å². The number of alkyl halides is 2. The Balaban J connectivity index is 1.65. The Labute approximate surface area is 149 Å². The van der Waals surface area contributed by atoms with E-state index in [4.69, 9.17) is 14.4 Å². The van der Waals surface area contributed by atoms with E-state index >= 15 is 0 Å². The molecule has 2 aliphatic heterocycles. The monoisotopic (exact) mass is 358 g/mol. The van der Waals surface area contributed by atoms with Crippen molar-refractivity contribution < 1.29 is 13.2 Å². The van der Waals surface area contributed by atoms with Crippen molar-refractivity contribution in [3.8, 4) is 0 Å². The number of piperidine rings is 1. The van der Waals surface area contributed by atoms with Gasteiger partial charge in [0.2, 0.25) is 5.95 Å². The maximum Gasteiger partial charge on any atom is 0.251 e. The molecule has 2 fully saturated rings.